The van der Waals surface area contributed by atoms with Crippen LogP contribution < -0.4 is 9.61 Å². The van der Waals surface area contributed by atoms with Crippen LogP contribution in [0, 0.1) is 0 Å². The van der Waals surface area contributed by atoms with Crippen molar-refractivity contribution in [2.24, 2.45) is 0 Å². The molecule has 1 radical (unpaired) electrons. The van der Waals surface area contributed by atoms with Crippen molar-refractivity contribution in [1.29, 1.82) is 0 Å². The van der Waals surface area contributed by atoms with Crippen molar-refractivity contribution < 1.29 is 17.7 Å². The third kappa shape index (κ3) is 3.55. The summed E-state index contributed by atoms with van der Waals surface area (Å²) in [6, 6.07) is 5.81. The van der Waals surface area contributed by atoms with Gasteiger partial charge in [-0.3, -0.25) is 0 Å². The van der Waals surface area contributed by atoms with Crippen molar-refractivity contribution in [2.45, 2.75) is 13.1 Å². The number of hydrogen-bond donors (Lipinski definition) is 0. The minimum absolute atomic E-state index is 0.800. The molecule has 0 saturated heterocycles. The molecule has 4 nitrogen and oxygen atoms in total. The fraction of sp³-hybridized carbons (Fsp3) is 0.385. The van der Waals surface area contributed by atoms with Crippen LogP contribution in [0.25, 0.3) is 6.08 Å². The Labute approximate surface area is 118 Å². The summed E-state index contributed by atoms with van der Waals surface area (Å²) in [5.41, 5.74) is 0.959. The van der Waals surface area contributed by atoms with Crippen LogP contribution in [0.2, 0.25) is 13.1 Å². The molecule has 0 unspecified atom stereocenters. The SMILES string of the molecule is C=Cc1ccc([Si](OC)(OC)OC)cc1O[Si](C)C. The van der Waals surface area contributed by atoms with Crippen molar-refractivity contribution in [3.63, 3.8) is 0 Å². The van der Waals surface area contributed by atoms with E-state index >= 15 is 0 Å². The Morgan fingerprint density at radius 1 is 1.11 bits per heavy atom. The van der Waals surface area contributed by atoms with Crippen LogP contribution in [-0.2, 0) is 13.3 Å². The highest BCUT2D eigenvalue weighted by atomic mass is 28.4. The molecule has 0 heterocycles. The van der Waals surface area contributed by atoms with Crippen molar-refractivity contribution >= 4 is 29.1 Å². The lowest BCUT2D eigenvalue weighted by molar-refractivity contribution is 0.140. The van der Waals surface area contributed by atoms with Gasteiger partial charge in [0.1, 0.15) is 5.75 Å². The van der Waals surface area contributed by atoms with Gasteiger partial charge in [-0.25, -0.2) is 0 Å². The monoisotopic (exact) mass is 297 g/mol. The largest absolute Gasteiger partial charge is 0.542 e. The van der Waals surface area contributed by atoms with Crippen LogP contribution in [-0.4, -0.2) is 39.2 Å². The maximum Gasteiger partial charge on any atom is 0.536 e. The molecule has 0 N–H and O–H groups in total. The molecule has 1 aromatic rings. The van der Waals surface area contributed by atoms with Gasteiger partial charge in [0.15, 0.2) is 0 Å². The van der Waals surface area contributed by atoms with Gasteiger partial charge < -0.3 is 17.7 Å². The highest BCUT2D eigenvalue weighted by Gasteiger charge is 2.41. The Kier molecular flexibility index (Phi) is 5.96. The molecule has 0 saturated carbocycles. The van der Waals surface area contributed by atoms with E-state index in [1.165, 1.54) is 0 Å². The zero-order valence-corrected chi connectivity index (χ0v) is 14.1. The van der Waals surface area contributed by atoms with E-state index in [2.05, 4.69) is 19.7 Å². The quantitative estimate of drug-likeness (QED) is 0.722. The Morgan fingerprint density at radius 3 is 2.11 bits per heavy atom. The lowest BCUT2D eigenvalue weighted by Crippen LogP contribution is -2.54. The van der Waals surface area contributed by atoms with E-state index in [4.69, 9.17) is 17.7 Å². The number of rotatable bonds is 7. The van der Waals surface area contributed by atoms with Gasteiger partial charge in [-0.15, -0.1) is 0 Å². The third-order valence-electron chi connectivity index (χ3n) is 2.71. The van der Waals surface area contributed by atoms with Crippen LogP contribution in [0.4, 0.5) is 0 Å². The molecule has 0 aliphatic rings. The fourth-order valence-electron chi connectivity index (χ4n) is 1.81. The first-order valence-electron chi connectivity index (χ1n) is 5.93. The Balaban J connectivity index is 3.26. The van der Waals surface area contributed by atoms with Crippen LogP contribution in [0.1, 0.15) is 5.56 Å². The molecule has 0 aliphatic carbocycles. The average Bonchev–Trinajstić information content (AvgIpc) is 2.41. The topological polar surface area (TPSA) is 36.9 Å². The van der Waals surface area contributed by atoms with Gasteiger partial charge in [0.05, 0.1) is 0 Å². The molecule has 0 fully saturated rings. The van der Waals surface area contributed by atoms with Gasteiger partial charge in [-0.05, 0) is 19.2 Å². The molecular weight excluding hydrogens is 276 g/mol. The summed E-state index contributed by atoms with van der Waals surface area (Å²) in [5, 5.41) is 0.879. The van der Waals surface area contributed by atoms with Crippen LogP contribution in [0.3, 0.4) is 0 Å². The van der Waals surface area contributed by atoms with Crippen molar-refractivity contribution in [2.75, 3.05) is 21.3 Å². The second-order valence-electron chi connectivity index (χ2n) is 4.14. The minimum Gasteiger partial charge on any atom is -0.542 e. The molecular formula is C13H21O4Si2. The normalized spacial score (nSPS) is 11.7. The second-order valence-corrected chi connectivity index (χ2v) is 9.07. The summed E-state index contributed by atoms with van der Waals surface area (Å²) in [5.74, 6) is 0.800. The fourth-order valence-corrected chi connectivity index (χ4v) is 4.22. The predicted octanol–water partition coefficient (Wildman–Crippen LogP) is 2.04. The first kappa shape index (κ1) is 16.1. The van der Waals surface area contributed by atoms with Gasteiger partial charge >= 0.3 is 8.80 Å². The molecule has 0 atom stereocenters. The van der Waals surface area contributed by atoms with Gasteiger partial charge in [0, 0.05) is 32.1 Å². The molecule has 0 bridgehead atoms. The summed E-state index contributed by atoms with van der Waals surface area (Å²) < 4.78 is 22.3. The highest BCUT2D eigenvalue weighted by Crippen LogP contribution is 2.21. The van der Waals surface area contributed by atoms with E-state index in [1.807, 2.05) is 18.2 Å². The highest BCUT2D eigenvalue weighted by molar-refractivity contribution is 6.75. The lowest BCUT2D eigenvalue weighted by Gasteiger charge is -2.25. The van der Waals surface area contributed by atoms with Gasteiger partial charge in [-0.1, -0.05) is 24.8 Å². The molecule has 1 aromatic carbocycles. The molecule has 0 aromatic heterocycles. The summed E-state index contributed by atoms with van der Waals surface area (Å²) >= 11 is 0. The van der Waals surface area contributed by atoms with E-state index in [9.17, 15) is 0 Å². The van der Waals surface area contributed by atoms with E-state index < -0.39 is 17.8 Å². The summed E-state index contributed by atoms with van der Waals surface area (Å²) in [6.45, 7) is 7.96. The maximum atomic E-state index is 5.89. The smallest absolute Gasteiger partial charge is 0.536 e. The molecule has 6 heteroatoms. The number of hydrogen-bond acceptors (Lipinski definition) is 4. The minimum atomic E-state index is -2.81. The summed E-state index contributed by atoms with van der Waals surface area (Å²) in [7, 11) is 1.11. The lowest BCUT2D eigenvalue weighted by atomic mass is 10.2. The first-order valence-corrected chi connectivity index (χ1v) is 10.1. The molecule has 0 aliphatic heterocycles. The van der Waals surface area contributed by atoms with E-state index in [0.717, 1.165) is 16.5 Å². The van der Waals surface area contributed by atoms with E-state index in [-0.39, 0.29) is 0 Å². The van der Waals surface area contributed by atoms with Gasteiger partial charge in [0.25, 0.3) is 9.04 Å². The van der Waals surface area contributed by atoms with Crippen LogP contribution >= 0.6 is 0 Å². The molecule has 0 spiro atoms. The van der Waals surface area contributed by atoms with Gasteiger partial charge in [-0.2, -0.15) is 0 Å². The van der Waals surface area contributed by atoms with Crippen molar-refractivity contribution in [3.05, 3.63) is 30.3 Å². The standard InChI is InChI=1S/C13H21O4Si2/c1-7-11-8-9-12(10-13(11)17-18(5)6)19(14-2,15-3)16-4/h7-10H,1H2,2-6H3. The molecule has 0 amide bonds. The summed E-state index contributed by atoms with van der Waals surface area (Å²) in [6.07, 6.45) is 1.78. The summed E-state index contributed by atoms with van der Waals surface area (Å²) in [4.78, 5) is 0. The Morgan fingerprint density at radius 2 is 1.68 bits per heavy atom. The zero-order chi connectivity index (χ0) is 14.5. The van der Waals surface area contributed by atoms with Crippen LogP contribution in [0.15, 0.2) is 24.8 Å². The van der Waals surface area contributed by atoms with Crippen molar-refractivity contribution in [3.8, 4) is 5.75 Å². The molecule has 105 valence electrons. The average molecular weight is 297 g/mol. The molecule has 19 heavy (non-hydrogen) atoms. The predicted molar refractivity (Wildman–Crippen MR) is 81.1 cm³/mol. The van der Waals surface area contributed by atoms with Crippen LogP contribution in [0.5, 0.6) is 5.75 Å². The van der Waals surface area contributed by atoms with Gasteiger partial charge in [0.2, 0.25) is 0 Å². The second kappa shape index (κ2) is 7.02. The van der Waals surface area contributed by atoms with Crippen molar-refractivity contribution in [1.82, 2.24) is 0 Å². The van der Waals surface area contributed by atoms with E-state index in [1.54, 1.807) is 27.4 Å². The zero-order valence-electron chi connectivity index (χ0n) is 12.1. The third-order valence-corrected chi connectivity index (χ3v) is 5.97. The maximum absolute atomic E-state index is 5.89. The molecule has 1 rings (SSSR count). The first-order chi connectivity index (χ1) is 9.02. The Bertz CT molecular complexity index is 422. The number of benzene rings is 1. The Hall–Kier alpha value is -0.926. The van der Waals surface area contributed by atoms with E-state index in [0.29, 0.717) is 0 Å².